The number of nitro groups is 1. The average Bonchev–Trinajstić information content (AvgIpc) is 2.64. The standard InChI is InChI=1S/C19H21N3O3/c1-15-5-7-16(8-6-15)14-20-9-11-21(12-10-20)19(23)17-3-2-4-18(13-17)22(24)25/h2-8,13H,9-12,14H2,1H3/p+1. The van der Waals surface area contributed by atoms with Crippen LogP contribution in [0.2, 0.25) is 0 Å². The Kier molecular flexibility index (Phi) is 5.09. The summed E-state index contributed by atoms with van der Waals surface area (Å²) in [5, 5.41) is 10.9. The number of carbonyl (C=O) groups excluding carboxylic acids is 1. The Bertz CT molecular complexity index is 766. The summed E-state index contributed by atoms with van der Waals surface area (Å²) < 4.78 is 0. The van der Waals surface area contributed by atoms with Crippen molar-refractivity contribution in [2.24, 2.45) is 0 Å². The highest BCUT2D eigenvalue weighted by Gasteiger charge is 2.25. The number of piperazine rings is 1. The van der Waals surface area contributed by atoms with Gasteiger partial charge in [0.1, 0.15) is 6.54 Å². The van der Waals surface area contributed by atoms with Crippen LogP contribution in [0.25, 0.3) is 0 Å². The molecule has 0 aliphatic carbocycles. The predicted molar refractivity (Wildman–Crippen MR) is 94.6 cm³/mol. The van der Waals surface area contributed by atoms with Gasteiger partial charge in [-0.1, -0.05) is 35.9 Å². The fourth-order valence-electron chi connectivity index (χ4n) is 3.13. The summed E-state index contributed by atoms with van der Waals surface area (Å²) in [6, 6.07) is 14.5. The van der Waals surface area contributed by atoms with Gasteiger partial charge in [0.25, 0.3) is 11.6 Å². The number of aryl methyl sites for hydroxylation is 1. The van der Waals surface area contributed by atoms with Crippen molar-refractivity contribution < 1.29 is 14.6 Å². The maximum absolute atomic E-state index is 12.6. The van der Waals surface area contributed by atoms with E-state index in [4.69, 9.17) is 0 Å². The Hall–Kier alpha value is -2.73. The summed E-state index contributed by atoms with van der Waals surface area (Å²) in [4.78, 5) is 26.2. The molecule has 1 amide bonds. The molecule has 0 bridgehead atoms. The van der Waals surface area contributed by atoms with Gasteiger partial charge in [0, 0.05) is 23.3 Å². The molecule has 1 heterocycles. The van der Waals surface area contributed by atoms with Crippen LogP contribution < -0.4 is 4.90 Å². The molecular formula is C19H22N3O3+. The number of benzene rings is 2. The van der Waals surface area contributed by atoms with E-state index in [1.165, 1.54) is 28.2 Å². The smallest absolute Gasteiger partial charge is 0.270 e. The number of nitrogens with zero attached hydrogens (tertiary/aromatic N) is 2. The summed E-state index contributed by atoms with van der Waals surface area (Å²) in [6.07, 6.45) is 0. The van der Waals surface area contributed by atoms with Crippen LogP contribution >= 0.6 is 0 Å². The molecular weight excluding hydrogens is 318 g/mol. The summed E-state index contributed by atoms with van der Waals surface area (Å²) in [5.41, 5.74) is 2.90. The predicted octanol–water partition coefficient (Wildman–Crippen LogP) is 1.44. The highest BCUT2D eigenvalue weighted by atomic mass is 16.6. The van der Waals surface area contributed by atoms with E-state index in [9.17, 15) is 14.9 Å². The number of quaternary nitrogens is 1. The van der Waals surface area contributed by atoms with Crippen molar-refractivity contribution in [2.75, 3.05) is 26.2 Å². The van der Waals surface area contributed by atoms with Crippen molar-refractivity contribution in [3.63, 3.8) is 0 Å². The van der Waals surface area contributed by atoms with Crippen molar-refractivity contribution in [3.8, 4) is 0 Å². The van der Waals surface area contributed by atoms with Crippen molar-refractivity contribution >= 4 is 11.6 Å². The number of carbonyl (C=O) groups is 1. The fourth-order valence-corrected chi connectivity index (χ4v) is 3.13. The second-order valence-corrected chi connectivity index (χ2v) is 6.51. The van der Waals surface area contributed by atoms with Crippen LogP contribution in [0.4, 0.5) is 5.69 Å². The molecule has 1 fully saturated rings. The van der Waals surface area contributed by atoms with Crippen LogP contribution in [0, 0.1) is 17.0 Å². The molecule has 0 aromatic heterocycles. The third-order valence-electron chi connectivity index (χ3n) is 4.64. The first-order valence-electron chi connectivity index (χ1n) is 8.46. The summed E-state index contributed by atoms with van der Waals surface area (Å²) >= 11 is 0. The molecule has 3 rings (SSSR count). The SMILES string of the molecule is Cc1ccc(C[NH+]2CCN(C(=O)c3cccc([N+](=O)[O-])c3)CC2)cc1. The number of hydrogen-bond acceptors (Lipinski definition) is 3. The van der Waals surface area contributed by atoms with E-state index in [1.54, 1.807) is 17.0 Å². The van der Waals surface area contributed by atoms with Gasteiger partial charge >= 0.3 is 0 Å². The lowest BCUT2D eigenvalue weighted by atomic mass is 10.1. The normalized spacial score (nSPS) is 15.2. The lowest BCUT2D eigenvalue weighted by Crippen LogP contribution is -3.13. The quantitative estimate of drug-likeness (QED) is 0.676. The van der Waals surface area contributed by atoms with Gasteiger partial charge in [0.15, 0.2) is 0 Å². The lowest BCUT2D eigenvalue weighted by molar-refractivity contribution is -0.917. The Morgan fingerprint density at radius 3 is 2.48 bits per heavy atom. The maximum atomic E-state index is 12.6. The van der Waals surface area contributed by atoms with Crippen molar-refractivity contribution in [1.82, 2.24) is 4.90 Å². The van der Waals surface area contributed by atoms with Crippen molar-refractivity contribution in [1.29, 1.82) is 0 Å². The molecule has 6 nitrogen and oxygen atoms in total. The third kappa shape index (κ3) is 4.22. The van der Waals surface area contributed by atoms with Crippen LogP contribution in [-0.2, 0) is 6.54 Å². The monoisotopic (exact) mass is 340 g/mol. The summed E-state index contributed by atoms with van der Waals surface area (Å²) in [7, 11) is 0. The Labute approximate surface area is 146 Å². The number of amides is 1. The van der Waals surface area contributed by atoms with E-state index >= 15 is 0 Å². The highest BCUT2D eigenvalue weighted by molar-refractivity contribution is 5.94. The molecule has 1 aliphatic rings. The minimum absolute atomic E-state index is 0.0468. The van der Waals surface area contributed by atoms with Crippen LogP contribution in [0.5, 0.6) is 0 Å². The zero-order valence-electron chi connectivity index (χ0n) is 14.3. The molecule has 130 valence electrons. The number of nitro benzene ring substituents is 1. The van der Waals surface area contributed by atoms with E-state index in [0.717, 1.165) is 19.6 Å². The molecule has 0 spiro atoms. The summed E-state index contributed by atoms with van der Waals surface area (Å²) in [5.74, 6) is -0.127. The van der Waals surface area contributed by atoms with Gasteiger partial charge in [-0.05, 0) is 13.0 Å². The Morgan fingerprint density at radius 2 is 1.84 bits per heavy atom. The zero-order valence-corrected chi connectivity index (χ0v) is 14.3. The minimum atomic E-state index is -0.472. The van der Waals surface area contributed by atoms with Gasteiger partial charge in [0.05, 0.1) is 31.1 Å². The van der Waals surface area contributed by atoms with Crippen molar-refractivity contribution in [3.05, 3.63) is 75.3 Å². The number of hydrogen-bond donors (Lipinski definition) is 1. The van der Waals surface area contributed by atoms with Gasteiger partial charge in [0.2, 0.25) is 0 Å². The average molecular weight is 340 g/mol. The summed E-state index contributed by atoms with van der Waals surface area (Å²) in [6.45, 7) is 6.14. The first kappa shape index (κ1) is 17.1. The molecule has 25 heavy (non-hydrogen) atoms. The molecule has 2 aromatic rings. The van der Waals surface area contributed by atoms with Gasteiger partial charge in [-0.15, -0.1) is 0 Å². The van der Waals surface area contributed by atoms with E-state index in [2.05, 4.69) is 31.2 Å². The minimum Gasteiger partial charge on any atom is -0.328 e. The third-order valence-corrected chi connectivity index (χ3v) is 4.64. The van der Waals surface area contributed by atoms with Crippen LogP contribution in [-0.4, -0.2) is 41.9 Å². The molecule has 6 heteroatoms. The highest BCUT2D eigenvalue weighted by Crippen LogP contribution is 2.15. The van der Waals surface area contributed by atoms with E-state index in [-0.39, 0.29) is 11.6 Å². The van der Waals surface area contributed by atoms with Crippen LogP contribution in [0.15, 0.2) is 48.5 Å². The molecule has 0 radical (unpaired) electrons. The van der Waals surface area contributed by atoms with Gasteiger partial charge in [-0.25, -0.2) is 0 Å². The second kappa shape index (κ2) is 7.44. The lowest BCUT2D eigenvalue weighted by Gasteiger charge is -2.32. The van der Waals surface area contributed by atoms with Gasteiger partial charge in [-0.2, -0.15) is 0 Å². The molecule has 2 aromatic carbocycles. The fraction of sp³-hybridized carbons (Fsp3) is 0.316. The van der Waals surface area contributed by atoms with E-state index in [1.807, 2.05) is 0 Å². The Morgan fingerprint density at radius 1 is 1.16 bits per heavy atom. The van der Waals surface area contributed by atoms with E-state index in [0.29, 0.717) is 18.7 Å². The van der Waals surface area contributed by atoms with Crippen LogP contribution in [0.3, 0.4) is 0 Å². The van der Waals surface area contributed by atoms with Crippen LogP contribution in [0.1, 0.15) is 21.5 Å². The molecule has 0 saturated carbocycles. The molecule has 1 aliphatic heterocycles. The topological polar surface area (TPSA) is 67.9 Å². The molecule has 0 atom stereocenters. The van der Waals surface area contributed by atoms with Gasteiger partial charge in [-0.3, -0.25) is 14.9 Å². The molecule has 0 unspecified atom stereocenters. The first-order chi connectivity index (χ1) is 12.0. The zero-order chi connectivity index (χ0) is 17.8. The molecule has 1 saturated heterocycles. The molecule has 1 N–H and O–H groups in total. The first-order valence-corrected chi connectivity index (χ1v) is 8.46. The second-order valence-electron chi connectivity index (χ2n) is 6.51. The largest absolute Gasteiger partial charge is 0.328 e. The maximum Gasteiger partial charge on any atom is 0.270 e. The number of non-ortho nitro benzene ring substituents is 1. The number of rotatable bonds is 4. The Balaban J connectivity index is 1.58. The van der Waals surface area contributed by atoms with Crippen molar-refractivity contribution in [2.45, 2.75) is 13.5 Å². The van der Waals surface area contributed by atoms with E-state index < -0.39 is 4.92 Å². The van der Waals surface area contributed by atoms with Gasteiger partial charge < -0.3 is 9.80 Å². The number of nitrogens with one attached hydrogen (secondary N) is 1.